The Morgan fingerprint density at radius 2 is 2.05 bits per heavy atom. The van der Waals surface area contributed by atoms with E-state index >= 15 is 0 Å². The zero-order valence-corrected chi connectivity index (χ0v) is 11.7. The first-order chi connectivity index (χ1) is 9.13. The summed E-state index contributed by atoms with van der Waals surface area (Å²) in [4.78, 5) is 27.6. The van der Waals surface area contributed by atoms with Gasteiger partial charge < -0.3 is 14.9 Å². The van der Waals surface area contributed by atoms with Gasteiger partial charge in [0.25, 0.3) is 0 Å². The van der Waals surface area contributed by atoms with Gasteiger partial charge in [0, 0.05) is 32.6 Å². The summed E-state index contributed by atoms with van der Waals surface area (Å²) in [5.74, 6) is -0.115. The van der Waals surface area contributed by atoms with Crippen LogP contribution in [0.4, 0.5) is 0 Å². The van der Waals surface area contributed by atoms with Crippen LogP contribution in [0.2, 0.25) is 0 Å². The van der Waals surface area contributed by atoms with E-state index in [1.54, 1.807) is 11.9 Å². The fourth-order valence-corrected chi connectivity index (χ4v) is 3.24. The van der Waals surface area contributed by atoms with E-state index in [1.807, 2.05) is 4.90 Å². The van der Waals surface area contributed by atoms with Crippen LogP contribution in [0.3, 0.4) is 0 Å². The monoisotopic (exact) mass is 268 g/mol. The van der Waals surface area contributed by atoms with Gasteiger partial charge in [-0.05, 0) is 12.8 Å². The molecule has 1 N–H and O–H groups in total. The molecule has 1 aliphatic heterocycles. The lowest BCUT2D eigenvalue weighted by Gasteiger charge is -2.35. The van der Waals surface area contributed by atoms with E-state index in [0.717, 1.165) is 25.7 Å². The molecule has 0 spiro atoms. The number of likely N-dealkylation sites (tertiary alicyclic amines) is 1. The molecule has 2 rings (SSSR count). The molecule has 1 atom stereocenters. The topological polar surface area (TPSA) is 60.9 Å². The second-order valence-corrected chi connectivity index (χ2v) is 5.72. The first kappa shape index (κ1) is 14.3. The van der Waals surface area contributed by atoms with Gasteiger partial charge in [0.1, 0.15) is 0 Å². The van der Waals surface area contributed by atoms with Crippen LogP contribution in [0, 0.1) is 5.92 Å². The molecule has 1 heterocycles. The average Bonchev–Trinajstić information content (AvgIpc) is 2.76. The average molecular weight is 268 g/mol. The molecule has 1 saturated heterocycles. The summed E-state index contributed by atoms with van der Waals surface area (Å²) in [7, 11) is 1.74. The molecular formula is C14H24N2O3. The number of aliphatic hydroxyl groups is 1. The Hall–Kier alpha value is -1.10. The van der Waals surface area contributed by atoms with Gasteiger partial charge in [-0.1, -0.05) is 19.3 Å². The molecule has 1 saturated carbocycles. The Bertz CT molecular complexity index is 340. The van der Waals surface area contributed by atoms with Crippen LogP contribution >= 0.6 is 0 Å². The quantitative estimate of drug-likeness (QED) is 0.813. The Morgan fingerprint density at radius 1 is 1.37 bits per heavy atom. The van der Waals surface area contributed by atoms with Crippen LogP contribution in [0.15, 0.2) is 0 Å². The predicted octanol–water partition coefficient (Wildman–Crippen LogP) is 0.618. The molecule has 0 aromatic carbocycles. The SMILES string of the molecule is CN1CC(C(=O)N(CCO)C2CCCCC2)CC1=O. The van der Waals surface area contributed by atoms with Crippen molar-refractivity contribution in [1.82, 2.24) is 9.80 Å². The summed E-state index contributed by atoms with van der Waals surface area (Å²) in [6, 6.07) is 0.259. The van der Waals surface area contributed by atoms with Gasteiger partial charge >= 0.3 is 0 Å². The number of aliphatic hydroxyl groups excluding tert-OH is 1. The second-order valence-electron chi connectivity index (χ2n) is 5.72. The number of carbonyl (C=O) groups excluding carboxylic acids is 2. The molecular weight excluding hydrogens is 244 g/mol. The van der Waals surface area contributed by atoms with Crippen molar-refractivity contribution in [1.29, 1.82) is 0 Å². The molecule has 19 heavy (non-hydrogen) atoms. The number of carbonyl (C=O) groups is 2. The van der Waals surface area contributed by atoms with Gasteiger partial charge in [0.2, 0.25) is 11.8 Å². The van der Waals surface area contributed by atoms with E-state index in [2.05, 4.69) is 0 Å². The maximum Gasteiger partial charge on any atom is 0.228 e. The van der Waals surface area contributed by atoms with E-state index in [1.165, 1.54) is 6.42 Å². The highest BCUT2D eigenvalue weighted by Gasteiger charge is 2.36. The molecule has 0 radical (unpaired) electrons. The van der Waals surface area contributed by atoms with E-state index in [0.29, 0.717) is 19.5 Å². The van der Waals surface area contributed by atoms with Crippen molar-refractivity contribution < 1.29 is 14.7 Å². The van der Waals surface area contributed by atoms with E-state index in [4.69, 9.17) is 0 Å². The number of nitrogens with zero attached hydrogens (tertiary/aromatic N) is 2. The summed E-state index contributed by atoms with van der Waals surface area (Å²) in [5.41, 5.74) is 0. The van der Waals surface area contributed by atoms with Crippen molar-refractivity contribution in [3.05, 3.63) is 0 Å². The van der Waals surface area contributed by atoms with Crippen molar-refractivity contribution in [2.24, 2.45) is 5.92 Å². The van der Waals surface area contributed by atoms with Gasteiger partial charge in [0.05, 0.1) is 12.5 Å². The van der Waals surface area contributed by atoms with Gasteiger partial charge in [-0.3, -0.25) is 9.59 Å². The third-order valence-electron chi connectivity index (χ3n) is 4.33. The number of amides is 2. The molecule has 2 fully saturated rings. The summed E-state index contributed by atoms with van der Waals surface area (Å²) in [5, 5.41) is 9.19. The van der Waals surface area contributed by atoms with Crippen molar-refractivity contribution in [3.8, 4) is 0 Å². The molecule has 1 aliphatic carbocycles. The first-order valence-electron chi connectivity index (χ1n) is 7.28. The minimum Gasteiger partial charge on any atom is -0.395 e. The normalized spacial score (nSPS) is 24.8. The first-order valence-corrected chi connectivity index (χ1v) is 7.28. The van der Waals surface area contributed by atoms with Crippen LogP contribution in [0.5, 0.6) is 0 Å². The minimum absolute atomic E-state index is 0.00124. The van der Waals surface area contributed by atoms with Crippen molar-refractivity contribution in [3.63, 3.8) is 0 Å². The predicted molar refractivity (Wildman–Crippen MR) is 71.4 cm³/mol. The third-order valence-corrected chi connectivity index (χ3v) is 4.33. The van der Waals surface area contributed by atoms with Crippen molar-refractivity contribution in [2.75, 3.05) is 26.7 Å². The highest BCUT2D eigenvalue weighted by Crippen LogP contribution is 2.26. The minimum atomic E-state index is -0.217. The van der Waals surface area contributed by atoms with Crippen LogP contribution in [-0.2, 0) is 9.59 Å². The van der Waals surface area contributed by atoms with E-state index in [-0.39, 0.29) is 30.4 Å². The molecule has 0 aromatic heterocycles. The molecule has 5 nitrogen and oxygen atoms in total. The van der Waals surface area contributed by atoms with E-state index < -0.39 is 0 Å². The molecule has 2 aliphatic rings. The van der Waals surface area contributed by atoms with Gasteiger partial charge in [-0.25, -0.2) is 0 Å². The summed E-state index contributed by atoms with van der Waals surface area (Å²) >= 11 is 0. The zero-order valence-electron chi connectivity index (χ0n) is 11.7. The standard InChI is InChI=1S/C14H24N2O3/c1-15-10-11(9-13(15)18)14(19)16(7-8-17)12-5-3-2-4-6-12/h11-12,17H,2-10H2,1H3. The molecule has 0 aromatic rings. The third kappa shape index (κ3) is 3.26. The fraction of sp³-hybridized carbons (Fsp3) is 0.857. The largest absolute Gasteiger partial charge is 0.395 e. The van der Waals surface area contributed by atoms with Gasteiger partial charge in [0.15, 0.2) is 0 Å². The summed E-state index contributed by atoms with van der Waals surface area (Å²) < 4.78 is 0. The van der Waals surface area contributed by atoms with Crippen LogP contribution in [-0.4, -0.2) is 59.5 Å². The smallest absolute Gasteiger partial charge is 0.228 e. The lowest BCUT2D eigenvalue weighted by atomic mass is 9.93. The fourth-order valence-electron chi connectivity index (χ4n) is 3.24. The number of hydrogen-bond acceptors (Lipinski definition) is 3. The zero-order chi connectivity index (χ0) is 13.8. The van der Waals surface area contributed by atoms with Crippen LogP contribution in [0.25, 0.3) is 0 Å². The Morgan fingerprint density at radius 3 is 2.58 bits per heavy atom. The maximum absolute atomic E-state index is 12.6. The summed E-state index contributed by atoms with van der Waals surface area (Å²) in [6.45, 7) is 0.920. The maximum atomic E-state index is 12.6. The molecule has 5 heteroatoms. The van der Waals surface area contributed by atoms with Crippen molar-refractivity contribution >= 4 is 11.8 Å². The number of hydrogen-bond donors (Lipinski definition) is 1. The van der Waals surface area contributed by atoms with Crippen LogP contribution < -0.4 is 0 Å². The molecule has 108 valence electrons. The lowest BCUT2D eigenvalue weighted by molar-refractivity contribution is -0.139. The summed E-state index contributed by atoms with van der Waals surface area (Å²) in [6.07, 6.45) is 5.93. The van der Waals surface area contributed by atoms with Crippen molar-refractivity contribution in [2.45, 2.75) is 44.6 Å². The number of rotatable bonds is 4. The van der Waals surface area contributed by atoms with Gasteiger partial charge in [-0.15, -0.1) is 0 Å². The Kier molecular flexibility index (Phi) is 4.80. The molecule has 2 amide bonds. The lowest BCUT2D eigenvalue weighted by Crippen LogP contribution is -2.46. The highest BCUT2D eigenvalue weighted by molar-refractivity contribution is 5.89. The highest BCUT2D eigenvalue weighted by atomic mass is 16.3. The van der Waals surface area contributed by atoms with E-state index in [9.17, 15) is 14.7 Å². The molecule has 0 bridgehead atoms. The van der Waals surface area contributed by atoms with Crippen LogP contribution in [0.1, 0.15) is 38.5 Å². The Balaban J connectivity index is 2.01. The second kappa shape index (κ2) is 6.37. The van der Waals surface area contributed by atoms with Gasteiger partial charge in [-0.2, -0.15) is 0 Å². The Labute approximate surface area is 114 Å². The molecule has 1 unspecified atom stereocenters.